The first-order chi connectivity index (χ1) is 8.90. The smallest absolute Gasteiger partial charge is 0.220 e. The standard InChI is InChI=1S/C16H25NO2/c1-5-19-14-8-6-13(7-9-14)10-11-17-15(18)12-16(2,3)4/h6-9H,5,10-12H2,1-4H3,(H,17,18). The summed E-state index contributed by atoms with van der Waals surface area (Å²) in [7, 11) is 0. The summed E-state index contributed by atoms with van der Waals surface area (Å²) in [5.74, 6) is 1.02. The van der Waals surface area contributed by atoms with Gasteiger partial charge in [-0.2, -0.15) is 0 Å². The molecule has 0 aliphatic rings. The molecule has 0 bridgehead atoms. The van der Waals surface area contributed by atoms with Gasteiger partial charge in [0, 0.05) is 13.0 Å². The normalized spacial score (nSPS) is 11.2. The molecule has 0 aliphatic carbocycles. The molecule has 0 radical (unpaired) electrons. The lowest BCUT2D eigenvalue weighted by molar-refractivity contribution is -0.122. The van der Waals surface area contributed by atoms with E-state index in [-0.39, 0.29) is 11.3 Å². The third kappa shape index (κ3) is 6.85. The van der Waals surface area contributed by atoms with Gasteiger partial charge in [0.05, 0.1) is 6.61 Å². The van der Waals surface area contributed by atoms with Gasteiger partial charge in [0.1, 0.15) is 5.75 Å². The minimum absolute atomic E-state index is 0.0449. The molecule has 1 N–H and O–H groups in total. The highest BCUT2D eigenvalue weighted by molar-refractivity contribution is 5.76. The Morgan fingerprint density at radius 2 is 1.84 bits per heavy atom. The van der Waals surface area contributed by atoms with E-state index in [0.29, 0.717) is 19.6 Å². The highest BCUT2D eigenvalue weighted by atomic mass is 16.5. The fourth-order valence-electron chi connectivity index (χ4n) is 1.81. The first-order valence-electron chi connectivity index (χ1n) is 6.89. The van der Waals surface area contributed by atoms with Gasteiger partial charge in [0.15, 0.2) is 0 Å². The third-order valence-electron chi connectivity index (χ3n) is 2.66. The second-order valence-corrected chi connectivity index (χ2v) is 5.91. The Bertz CT molecular complexity index is 390. The van der Waals surface area contributed by atoms with Crippen LogP contribution in [-0.4, -0.2) is 19.1 Å². The van der Waals surface area contributed by atoms with E-state index in [1.54, 1.807) is 0 Å². The Hall–Kier alpha value is -1.51. The van der Waals surface area contributed by atoms with E-state index in [1.165, 1.54) is 5.56 Å². The van der Waals surface area contributed by atoms with Gasteiger partial charge < -0.3 is 10.1 Å². The van der Waals surface area contributed by atoms with Crippen LogP contribution in [0.3, 0.4) is 0 Å². The SMILES string of the molecule is CCOc1ccc(CCNC(=O)CC(C)(C)C)cc1. The van der Waals surface area contributed by atoms with Crippen molar-refractivity contribution in [1.82, 2.24) is 5.32 Å². The average molecular weight is 263 g/mol. The lowest BCUT2D eigenvalue weighted by atomic mass is 9.92. The van der Waals surface area contributed by atoms with Crippen molar-refractivity contribution >= 4 is 5.91 Å². The van der Waals surface area contributed by atoms with Crippen LogP contribution in [0.4, 0.5) is 0 Å². The van der Waals surface area contributed by atoms with Crippen LogP contribution in [0.5, 0.6) is 5.75 Å². The molecule has 3 heteroatoms. The fourth-order valence-corrected chi connectivity index (χ4v) is 1.81. The van der Waals surface area contributed by atoms with E-state index in [0.717, 1.165) is 12.2 Å². The van der Waals surface area contributed by atoms with Crippen LogP contribution in [0, 0.1) is 5.41 Å². The second-order valence-electron chi connectivity index (χ2n) is 5.91. The Morgan fingerprint density at radius 1 is 1.21 bits per heavy atom. The van der Waals surface area contributed by atoms with Gasteiger partial charge >= 0.3 is 0 Å². The van der Waals surface area contributed by atoms with E-state index in [4.69, 9.17) is 4.74 Å². The van der Waals surface area contributed by atoms with Crippen LogP contribution >= 0.6 is 0 Å². The minimum Gasteiger partial charge on any atom is -0.494 e. The Kier molecular flexibility index (Phi) is 5.87. The molecule has 19 heavy (non-hydrogen) atoms. The molecule has 1 aromatic carbocycles. The maximum Gasteiger partial charge on any atom is 0.220 e. The van der Waals surface area contributed by atoms with Crippen molar-refractivity contribution in [3.63, 3.8) is 0 Å². The molecule has 0 spiro atoms. The summed E-state index contributed by atoms with van der Waals surface area (Å²) in [5.41, 5.74) is 1.25. The monoisotopic (exact) mass is 263 g/mol. The van der Waals surface area contributed by atoms with Gasteiger partial charge in [-0.1, -0.05) is 32.9 Å². The number of amides is 1. The molecule has 0 aliphatic heterocycles. The molecule has 0 fully saturated rings. The Balaban J connectivity index is 2.31. The Labute approximate surface area is 116 Å². The van der Waals surface area contributed by atoms with E-state index in [1.807, 2.05) is 31.2 Å². The summed E-state index contributed by atoms with van der Waals surface area (Å²) in [5, 5.41) is 2.96. The first kappa shape index (κ1) is 15.5. The number of ether oxygens (including phenoxy) is 1. The van der Waals surface area contributed by atoms with Crippen LogP contribution in [0.1, 0.15) is 39.7 Å². The summed E-state index contributed by atoms with van der Waals surface area (Å²) in [4.78, 5) is 11.7. The molecule has 0 aromatic heterocycles. The molecule has 0 heterocycles. The Morgan fingerprint density at radius 3 is 2.37 bits per heavy atom. The van der Waals surface area contributed by atoms with Gasteiger partial charge in [-0.3, -0.25) is 4.79 Å². The first-order valence-corrected chi connectivity index (χ1v) is 6.89. The van der Waals surface area contributed by atoms with Crippen LogP contribution in [0.2, 0.25) is 0 Å². The second kappa shape index (κ2) is 7.17. The molecule has 0 saturated heterocycles. The highest BCUT2D eigenvalue weighted by Crippen LogP contribution is 2.17. The minimum atomic E-state index is 0.0449. The summed E-state index contributed by atoms with van der Waals surface area (Å²) in [6, 6.07) is 8.02. The fraction of sp³-hybridized carbons (Fsp3) is 0.562. The number of carbonyl (C=O) groups is 1. The van der Waals surface area contributed by atoms with Crippen molar-refractivity contribution in [3.8, 4) is 5.75 Å². The van der Waals surface area contributed by atoms with Gasteiger partial charge in [0.25, 0.3) is 0 Å². The molecule has 106 valence electrons. The quantitative estimate of drug-likeness (QED) is 0.856. The lowest BCUT2D eigenvalue weighted by Crippen LogP contribution is -2.29. The number of hydrogen-bond donors (Lipinski definition) is 1. The summed E-state index contributed by atoms with van der Waals surface area (Å²) in [6.07, 6.45) is 1.42. The van der Waals surface area contributed by atoms with Crippen LogP contribution in [0.25, 0.3) is 0 Å². The largest absolute Gasteiger partial charge is 0.494 e. The number of nitrogens with one attached hydrogen (secondary N) is 1. The van der Waals surface area contributed by atoms with Gasteiger partial charge in [0.2, 0.25) is 5.91 Å². The summed E-state index contributed by atoms with van der Waals surface area (Å²) >= 11 is 0. The number of rotatable bonds is 6. The predicted molar refractivity (Wildman–Crippen MR) is 78.4 cm³/mol. The molecular formula is C16H25NO2. The molecule has 0 saturated carbocycles. The van der Waals surface area contributed by atoms with Crippen molar-refractivity contribution in [1.29, 1.82) is 0 Å². The van der Waals surface area contributed by atoms with E-state index in [9.17, 15) is 4.79 Å². The maximum absolute atomic E-state index is 11.7. The third-order valence-corrected chi connectivity index (χ3v) is 2.66. The average Bonchev–Trinajstić information content (AvgIpc) is 2.29. The zero-order chi connectivity index (χ0) is 14.3. The summed E-state index contributed by atoms with van der Waals surface area (Å²) < 4.78 is 5.39. The molecule has 1 aromatic rings. The van der Waals surface area contributed by atoms with Crippen LogP contribution < -0.4 is 10.1 Å². The topological polar surface area (TPSA) is 38.3 Å². The highest BCUT2D eigenvalue weighted by Gasteiger charge is 2.15. The maximum atomic E-state index is 11.7. The number of benzene rings is 1. The van der Waals surface area contributed by atoms with Crippen molar-refractivity contribution in [2.24, 2.45) is 5.41 Å². The predicted octanol–water partition coefficient (Wildman–Crippen LogP) is 3.18. The zero-order valence-corrected chi connectivity index (χ0v) is 12.5. The molecule has 3 nitrogen and oxygen atoms in total. The van der Waals surface area contributed by atoms with Gasteiger partial charge in [-0.25, -0.2) is 0 Å². The van der Waals surface area contributed by atoms with Crippen molar-refractivity contribution in [3.05, 3.63) is 29.8 Å². The van der Waals surface area contributed by atoms with Gasteiger partial charge in [-0.15, -0.1) is 0 Å². The summed E-state index contributed by atoms with van der Waals surface area (Å²) in [6.45, 7) is 9.54. The molecule has 1 rings (SSSR count). The molecule has 1 amide bonds. The lowest BCUT2D eigenvalue weighted by Gasteiger charge is -2.17. The van der Waals surface area contributed by atoms with E-state index >= 15 is 0 Å². The number of carbonyl (C=O) groups excluding carboxylic acids is 1. The molecule has 0 unspecified atom stereocenters. The van der Waals surface area contributed by atoms with Gasteiger partial charge in [-0.05, 0) is 36.5 Å². The van der Waals surface area contributed by atoms with Crippen molar-refractivity contribution in [2.45, 2.75) is 40.5 Å². The van der Waals surface area contributed by atoms with E-state index in [2.05, 4.69) is 26.1 Å². The van der Waals surface area contributed by atoms with Crippen molar-refractivity contribution < 1.29 is 9.53 Å². The van der Waals surface area contributed by atoms with E-state index < -0.39 is 0 Å². The molecule has 0 atom stereocenters. The number of hydrogen-bond acceptors (Lipinski definition) is 2. The van der Waals surface area contributed by atoms with Crippen LogP contribution in [-0.2, 0) is 11.2 Å². The molecular weight excluding hydrogens is 238 g/mol. The van der Waals surface area contributed by atoms with Crippen LogP contribution in [0.15, 0.2) is 24.3 Å². The zero-order valence-electron chi connectivity index (χ0n) is 12.5. The van der Waals surface area contributed by atoms with Crippen molar-refractivity contribution in [2.75, 3.05) is 13.2 Å².